The van der Waals surface area contributed by atoms with Crippen molar-refractivity contribution in [3.05, 3.63) is 64.4 Å². The lowest BCUT2D eigenvalue weighted by molar-refractivity contribution is -0.137. The summed E-state index contributed by atoms with van der Waals surface area (Å²) in [7, 11) is 0. The number of hydrogen-bond acceptors (Lipinski definition) is 3. The van der Waals surface area contributed by atoms with Crippen molar-refractivity contribution in [2.45, 2.75) is 19.3 Å². The SMILES string of the molecule is Cc1ccc(Cl)cc1N1CCN(C(=O)[C@@H]2CNCC[C@H]2c2ccc(F)cc2)CC1. The van der Waals surface area contributed by atoms with E-state index in [4.69, 9.17) is 11.6 Å². The summed E-state index contributed by atoms with van der Waals surface area (Å²) in [5, 5.41) is 4.10. The van der Waals surface area contributed by atoms with E-state index in [1.807, 2.05) is 35.2 Å². The van der Waals surface area contributed by atoms with Gasteiger partial charge >= 0.3 is 0 Å². The fourth-order valence-electron chi connectivity index (χ4n) is 4.55. The van der Waals surface area contributed by atoms with Crippen LogP contribution in [-0.2, 0) is 4.79 Å². The van der Waals surface area contributed by atoms with E-state index in [-0.39, 0.29) is 23.6 Å². The summed E-state index contributed by atoms with van der Waals surface area (Å²) < 4.78 is 13.3. The number of piperazine rings is 1. The molecule has 154 valence electrons. The number of aryl methyl sites for hydroxylation is 1. The Morgan fingerprint density at radius 1 is 1.10 bits per heavy atom. The van der Waals surface area contributed by atoms with Crippen LogP contribution in [0.25, 0.3) is 0 Å². The molecule has 0 spiro atoms. The number of amides is 1. The predicted octanol–water partition coefficient (Wildman–Crippen LogP) is 3.83. The van der Waals surface area contributed by atoms with Gasteiger partial charge in [-0.2, -0.15) is 0 Å². The molecule has 29 heavy (non-hydrogen) atoms. The number of benzene rings is 2. The van der Waals surface area contributed by atoms with Crippen molar-refractivity contribution < 1.29 is 9.18 Å². The third kappa shape index (κ3) is 4.41. The first-order valence-electron chi connectivity index (χ1n) is 10.3. The van der Waals surface area contributed by atoms with Gasteiger partial charge in [0.1, 0.15) is 5.82 Å². The minimum absolute atomic E-state index is 0.103. The average Bonchev–Trinajstić information content (AvgIpc) is 2.76. The van der Waals surface area contributed by atoms with Crippen molar-refractivity contribution in [1.82, 2.24) is 10.2 Å². The van der Waals surface area contributed by atoms with Crippen LogP contribution in [-0.4, -0.2) is 50.1 Å². The van der Waals surface area contributed by atoms with Crippen LogP contribution in [0, 0.1) is 18.7 Å². The normalized spacial score (nSPS) is 22.6. The van der Waals surface area contributed by atoms with Crippen LogP contribution in [0.5, 0.6) is 0 Å². The van der Waals surface area contributed by atoms with Crippen LogP contribution < -0.4 is 10.2 Å². The molecule has 6 heteroatoms. The molecule has 1 N–H and O–H groups in total. The Kier molecular flexibility index (Phi) is 6.07. The lowest BCUT2D eigenvalue weighted by atomic mass is 9.80. The zero-order valence-corrected chi connectivity index (χ0v) is 17.5. The molecule has 2 saturated heterocycles. The number of carbonyl (C=O) groups excluding carboxylic acids is 1. The number of anilines is 1. The van der Waals surface area contributed by atoms with Gasteiger partial charge in [-0.25, -0.2) is 4.39 Å². The molecule has 0 saturated carbocycles. The molecular weight excluding hydrogens is 389 g/mol. The van der Waals surface area contributed by atoms with E-state index in [2.05, 4.69) is 17.1 Å². The Bertz CT molecular complexity index is 865. The Balaban J connectivity index is 1.44. The number of nitrogens with zero attached hydrogens (tertiary/aromatic N) is 2. The van der Waals surface area contributed by atoms with Gasteiger partial charge in [0.25, 0.3) is 0 Å². The van der Waals surface area contributed by atoms with Crippen LogP contribution in [0.15, 0.2) is 42.5 Å². The molecule has 2 aliphatic heterocycles. The Morgan fingerprint density at radius 2 is 1.83 bits per heavy atom. The minimum Gasteiger partial charge on any atom is -0.368 e. The Labute approximate surface area is 176 Å². The molecule has 4 rings (SSSR count). The average molecular weight is 416 g/mol. The second-order valence-electron chi connectivity index (χ2n) is 8.00. The molecule has 0 aromatic heterocycles. The fourth-order valence-corrected chi connectivity index (χ4v) is 4.72. The molecule has 2 aromatic rings. The van der Waals surface area contributed by atoms with Gasteiger partial charge in [0.2, 0.25) is 5.91 Å². The summed E-state index contributed by atoms with van der Waals surface area (Å²) >= 11 is 6.18. The van der Waals surface area contributed by atoms with E-state index < -0.39 is 0 Å². The molecule has 0 radical (unpaired) electrons. The van der Waals surface area contributed by atoms with Gasteiger partial charge in [-0.15, -0.1) is 0 Å². The third-order valence-electron chi connectivity index (χ3n) is 6.20. The van der Waals surface area contributed by atoms with Gasteiger partial charge in [0.15, 0.2) is 0 Å². The first-order chi connectivity index (χ1) is 14.0. The molecule has 0 bridgehead atoms. The van der Waals surface area contributed by atoms with Gasteiger partial charge in [-0.3, -0.25) is 4.79 Å². The molecule has 0 aliphatic carbocycles. The molecule has 2 heterocycles. The Hall–Kier alpha value is -2.11. The van der Waals surface area contributed by atoms with E-state index in [1.165, 1.54) is 17.7 Å². The lowest BCUT2D eigenvalue weighted by Crippen LogP contribution is -2.53. The van der Waals surface area contributed by atoms with Crippen molar-refractivity contribution in [1.29, 1.82) is 0 Å². The molecule has 1 amide bonds. The molecular formula is C23H27ClFN3O. The van der Waals surface area contributed by atoms with Crippen LogP contribution in [0.3, 0.4) is 0 Å². The summed E-state index contributed by atoms with van der Waals surface area (Å²) in [5.74, 6) is -0.00166. The summed E-state index contributed by atoms with van der Waals surface area (Å²) in [6.45, 7) is 6.66. The van der Waals surface area contributed by atoms with Crippen molar-refractivity contribution in [3.8, 4) is 0 Å². The summed E-state index contributed by atoms with van der Waals surface area (Å²) in [6, 6.07) is 12.6. The van der Waals surface area contributed by atoms with Gasteiger partial charge in [0, 0.05) is 43.4 Å². The molecule has 2 atom stereocenters. The summed E-state index contributed by atoms with van der Waals surface area (Å²) in [6.07, 6.45) is 0.893. The smallest absolute Gasteiger partial charge is 0.227 e. The third-order valence-corrected chi connectivity index (χ3v) is 6.44. The zero-order chi connectivity index (χ0) is 20.4. The van der Waals surface area contributed by atoms with Gasteiger partial charge < -0.3 is 15.1 Å². The van der Waals surface area contributed by atoms with Crippen molar-refractivity contribution >= 4 is 23.2 Å². The maximum atomic E-state index is 13.3. The number of hydrogen-bond donors (Lipinski definition) is 1. The van der Waals surface area contributed by atoms with E-state index in [1.54, 1.807) is 0 Å². The first-order valence-corrected chi connectivity index (χ1v) is 10.7. The van der Waals surface area contributed by atoms with Gasteiger partial charge in [-0.05, 0) is 61.2 Å². The molecule has 2 aromatic carbocycles. The van der Waals surface area contributed by atoms with E-state index in [9.17, 15) is 9.18 Å². The van der Waals surface area contributed by atoms with Crippen LogP contribution in [0.1, 0.15) is 23.5 Å². The van der Waals surface area contributed by atoms with Gasteiger partial charge in [-0.1, -0.05) is 29.8 Å². The highest BCUT2D eigenvalue weighted by atomic mass is 35.5. The maximum Gasteiger partial charge on any atom is 0.227 e. The van der Waals surface area contributed by atoms with Crippen molar-refractivity contribution in [3.63, 3.8) is 0 Å². The van der Waals surface area contributed by atoms with Crippen molar-refractivity contribution in [2.75, 3.05) is 44.2 Å². The second-order valence-corrected chi connectivity index (χ2v) is 8.44. The zero-order valence-electron chi connectivity index (χ0n) is 16.7. The van der Waals surface area contributed by atoms with Crippen LogP contribution in [0.4, 0.5) is 10.1 Å². The monoisotopic (exact) mass is 415 g/mol. The summed E-state index contributed by atoms with van der Waals surface area (Å²) in [4.78, 5) is 17.6. The minimum atomic E-state index is -0.238. The molecule has 2 aliphatic rings. The standard InChI is InChI=1S/C23H27ClFN3O/c1-16-2-5-18(24)14-22(16)27-10-12-28(13-11-27)23(29)21-15-26-9-8-20(21)17-3-6-19(25)7-4-17/h2-7,14,20-21,26H,8-13,15H2,1H3/t20-,21+/m0/s1. The molecule has 4 nitrogen and oxygen atoms in total. The molecule has 2 fully saturated rings. The lowest BCUT2D eigenvalue weighted by Gasteiger charge is -2.40. The Morgan fingerprint density at radius 3 is 2.55 bits per heavy atom. The summed E-state index contributed by atoms with van der Waals surface area (Å²) in [5.41, 5.74) is 3.40. The highest BCUT2D eigenvalue weighted by Crippen LogP contribution is 2.32. The number of nitrogens with one attached hydrogen (secondary N) is 1. The topological polar surface area (TPSA) is 35.6 Å². The fraction of sp³-hybridized carbons (Fsp3) is 0.435. The van der Waals surface area contributed by atoms with E-state index in [0.29, 0.717) is 19.6 Å². The van der Waals surface area contributed by atoms with E-state index in [0.717, 1.165) is 42.3 Å². The van der Waals surface area contributed by atoms with Crippen molar-refractivity contribution in [2.24, 2.45) is 5.92 Å². The number of piperidine rings is 1. The van der Waals surface area contributed by atoms with Crippen LogP contribution in [0.2, 0.25) is 5.02 Å². The molecule has 0 unspecified atom stereocenters. The van der Waals surface area contributed by atoms with Gasteiger partial charge in [0.05, 0.1) is 5.92 Å². The predicted molar refractivity (Wildman–Crippen MR) is 115 cm³/mol. The largest absolute Gasteiger partial charge is 0.368 e. The second kappa shape index (κ2) is 8.72. The highest BCUT2D eigenvalue weighted by molar-refractivity contribution is 6.30. The quantitative estimate of drug-likeness (QED) is 0.827. The maximum absolute atomic E-state index is 13.3. The number of halogens is 2. The van der Waals surface area contributed by atoms with E-state index >= 15 is 0 Å². The number of carbonyl (C=O) groups is 1. The van der Waals surface area contributed by atoms with Crippen LogP contribution >= 0.6 is 11.6 Å². The highest BCUT2D eigenvalue weighted by Gasteiger charge is 2.35. The first kappa shape index (κ1) is 20.2. The number of rotatable bonds is 3.